The van der Waals surface area contributed by atoms with E-state index < -0.39 is 0 Å². The molecule has 1 aliphatic rings. The van der Waals surface area contributed by atoms with Gasteiger partial charge in [-0.1, -0.05) is 28.1 Å². The van der Waals surface area contributed by atoms with Crippen LogP contribution in [0.15, 0.2) is 34.1 Å². The second-order valence-corrected chi connectivity index (χ2v) is 7.29. The predicted molar refractivity (Wildman–Crippen MR) is 92.6 cm³/mol. The Morgan fingerprint density at radius 1 is 1.48 bits per heavy atom. The van der Waals surface area contributed by atoms with Crippen LogP contribution < -0.4 is 5.32 Å². The molecule has 0 spiro atoms. The molecule has 0 saturated carbocycles. The van der Waals surface area contributed by atoms with E-state index in [0.29, 0.717) is 6.04 Å². The molecule has 0 aliphatic carbocycles. The number of rotatable bonds is 4. The van der Waals surface area contributed by atoms with Gasteiger partial charge >= 0.3 is 0 Å². The van der Waals surface area contributed by atoms with Crippen molar-refractivity contribution in [2.24, 2.45) is 0 Å². The molecule has 3 rings (SSSR count). The molecule has 112 valence electrons. The van der Waals surface area contributed by atoms with Gasteiger partial charge in [-0.2, -0.15) is 0 Å². The van der Waals surface area contributed by atoms with Gasteiger partial charge in [-0.15, -0.1) is 11.3 Å². The van der Waals surface area contributed by atoms with Crippen molar-refractivity contribution < 1.29 is 0 Å². The number of piperidine rings is 1. The molecule has 1 aromatic heterocycles. The van der Waals surface area contributed by atoms with Gasteiger partial charge in [0.2, 0.25) is 0 Å². The Balaban J connectivity index is 1.68. The molecule has 2 heterocycles. The lowest BCUT2D eigenvalue weighted by atomic mass is 10.1. The van der Waals surface area contributed by atoms with Gasteiger partial charge in [0, 0.05) is 34.5 Å². The van der Waals surface area contributed by atoms with Crippen molar-refractivity contribution >= 4 is 27.3 Å². The average molecular weight is 366 g/mol. The summed E-state index contributed by atoms with van der Waals surface area (Å²) in [5.41, 5.74) is 2.37. The highest BCUT2D eigenvalue weighted by Crippen LogP contribution is 2.27. The first kappa shape index (κ1) is 15.2. The Bertz CT molecular complexity index is 599. The largest absolute Gasteiger partial charge is 0.316 e. The van der Waals surface area contributed by atoms with Crippen LogP contribution in [0.4, 0.5) is 0 Å². The summed E-state index contributed by atoms with van der Waals surface area (Å²) in [7, 11) is 2.06. The Morgan fingerprint density at radius 2 is 2.38 bits per heavy atom. The first-order valence-corrected chi connectivity index (χ1v) is 9.02. The second kappa shape index (κ2) is 7.01. The van der Waals surface area contributed by atoms with Crippen molar-refractivity contribution in [1.29, 1.82) is 0 Å². The molecule has 2 aromatic rings. The van der Waals surface area contributed by atoms with E-state index in [2.05, 4.69) is 56.8 Å². The summed E-state index contributed by atoms with van der Waals surface area (Å²) in [6, 6.07) is 8.97. The zero-order valence-corrected chi connectivity index (χ0v) is 14.6. The number of likely N-dealkylation sites (N-methyl/N-ethyl adjacent to an activating group) is 1. The smallest absolute Gasteiger partial charge is 0.123 e. The molecule has 1 aliphatic heterocycles. The molecule has 0 bridgehead atoms. The molecule has 1 unspecified atom stereocenters. The van der Waals surface area contributed by atoms with Crippen molar-refractivity contribution in [2.45, 2.75) is 25.4 Å². The van der Waals surface area contributed by atoms with Crippen LogP contribution in [0.1, 0.15) is 18.5 Å². The Hall–Kier alpha value is -0.750. The van der Waals surface area contributed by atoms with Crippen molar-refractivity contribution in [3.63, 3.8) is 0 Å². The summed E-state index contributed by atoms with van der Waals surface area (Å²) in [5.74, 6) is 0. The zero-order valence-electron chi connectivity index (χ0n) is 12.2. The lowest BCUT2D eigenvalue weighted by Gasteiger charge is -2.31. The number of benzene rings is 1. The molecular formula is C16H20BrN3S. The quantitative estimate of drug-likeness (QED) is 0.893. The maximum Gasteiger partial charge on any atom is 0.123 e. The highest BCUT2D eigenvalue weighted by molar-refractivity contribution is 9.10. The van der Waals surface area contributed by atoms with Crippen LogP contribution >= 0.6 is 27.3 Å². The number of hydrogen-bond donors (Lipinski definition) is 1. The molecule has 21 heavy (non-hydrogen) atoms. The number of aromatic nitrogens is 1. The van der Waals surface area contributed by atoms with Crippen LogP contribution in [-0.4, -0.2) is 36.1 Å². The van der Waals surface area contributed by atoms with E-state index in [1.54, 1.807) is 11.3 Å². The molecule has 0 amide bonds. The van der Waals surface area contributed by atoms with Gasteiger partial charge in [0.05, 0.1) is 5.69 Å². The molecule has 1 atom stereocenters. The van der Waals surface area contributed by atoms with Crippen molar-refractivity contribution in [2.75, 3.05) is 20.1 Å². The normalized spacial score (nSPS) is 19.8. The predicted octanol–water partition coefficient (Wildman–Crippen LogP) is 3.76. The van der Waals surface area contributed by atoms with E-state index in [4.69, 9.17) is 4.98 Å². The van der Waals surface area contributed by atoms with Gasteiger partial charge in [0.25, 0.3) is 0 Å². The van der Waals surface area contributed by atoms with E-state index in [-0.39, 0.29) is 0 Å². The topological polar surface area (TPSA) is 28.2 Å². The Labute approximate surface area is 138 Å². The Kier molecular flexibility index (Phi) is 5.06. The zero-order chi connectivity index (χ0) is 14.7. The number of hydrogen-bond acceptors (Lipinski definition) is 4. The van der Waals surface area contributed by atoms with Crippen LogP contribution in [0.3, 0.4) is 0 Å². The van der Waals surface area contributed by atoms with Crippen LogP contribution in [0, 0.1) is 0 Å². The summed E-state index contributed by atoms with van der Waals surface area (Å²) in [6.45, 7) is 3.27. The number of halogens is 1. The third-order valence-electron chi connectivity index (χ3n) is 3.92. The maximum atomic E-state index is 4.80. The third kappa shape index (κ3) is 3.92. The molecule has 0 radical (unpaired) electrons. The van der Waals surface area contributed by atoms with Gasteiger partial charge in [-0.25, -0.2) is 4.98 Å². The monoisotopic (exact) mass is 365 g/mol. The lowest BCUT2D eigenvalue weighted by molar-refractivity contribution is 0.186. The van der Waals surface area contributed by atoms with E-state index >= 15 is 0 Å². The van der Waals surface area contributed by atoms with E-state index in [9.17, 15) is 0 Å². The van der Waals surface area contributed by atoms with Crippen LogP contribution in [0.5, 0.6) is 0 Å². The lowest BCUT2D eigenvalue weighted by Crippen LogP contribution is -2.43. The number of thiazole rings is 1. The second-order valence-electron chi connectivity index (χ2n) is 5.52. The summed E-state index contributed by atoms with van der Waals surface area (Å²) < 4.78 is 1.10. The molecule has 3 nitrogen and oxygen atoms in total. The SMILES string of the molecule is CNC1CCCN(Cc2csc(-c3cccc(Br)c3)n2)C1. The summed E-state index contributed by atoms with van der Waals surface area (Å²) >= 11 is 5.25. The first-order chi connectivity index (χ1) is 10.2. The fourth-order valence-corrected chi connectivity index (χ4v) is 4.00. The van der Waals surface area contributed by atoms with E-state index in [1.807, 2.05) is 6.07 Å². The highest BCUT2D eigenvalue weighted by atomic mass is 79.9. The summed E-state index contributed by atoms with van der Waals surface area (Å²) in [6.07, 6.45) is 2.56. The fraction of sp³-hybridized carbons (Fsp3) is 0.438. The number of nitrogens with one attached hydrogen (secondary N) is 1. The number of likely N-dealkylation sites (tertiary alicyclic amines) is 1. The van der Waals surface area contributed by atoms with E-state index in [0.717, 1.165) is 22.6 Å². The van der Waals surface area contributed by atoms with Gasteiger partial charge < -0.3 is 5.32 Å². The average Bonchev–Trinajstić information content (AvgIpc) is 2.96. The summed E-state index contributed by atoms with van der Waals surface area (Å²) in [5, 5.41) is 6.69. The van der Waals surface area contributed by atoms with Gasteiger partial charge in [-0.3, -0.25) is 4.90 Å². The maximum absolute atomic E-state index is 4.80. The third-order valence-corrected chi connectivity index (χ3v) is 5.36. The van der Waals surface area contributed by atoms with Gasteiger partial charge in [0.15, 0.2) is 0 Å². The minimum atomic E-state index is 0.627. The van der Waals surface area contributed by atoms with E-state index in [1.165, 1.54) is 30.6 Å². The van der Waals surface area contributed by atoms with Crippen molar-refractivity contribution in [3.05, 3.63) is 39.8 Å². The molecular weight excluding hydrogens is 346 g/mol. The fourth-order valence-electron chi connectivity index (χ4n) is 2.80. The Morgan fingerprint density at radius 3 is 3.19 bits per heavy atom. The molecule has 1 N–H and O–H groups in total. The van der Waals surface area contributed by atoms with Crippen molar-refractivity contribution in [1.82, 2.24) is 15.2 Å². The molecule has 1 saturated heterocycles. The molecule has 5 heteroatoms. The summed E-state index contributed by atoms with van der Waals surface area (Å²) in [4.78, 5) is 7.31. The molecule has 1 aromatic carbocycles. The van der Waals surface area contributed by atoms with Gasteiger partial charge in [0.1, 0.15) is 5.01 Å². The minimum Gasteiger partial charge on any atom is -0.316 e. The van der Waals surface area contributed by atoms with Crippen LogP contribution in [0.25, 0.3) is 10.6 Å². The van der Waals surface area contributed by atoms with Crippen molar-refractivity contribution in [3.8, 4) is 10.6 Å². The van der Waals surface area contributed by atoms with Crippen LogP contribution in [-0.2, 0) is 6.54 Å². The first-order valence-electron chi connectivity index (χ1n) is 7.34. The highest BCUT2D eigenvalue weighted by Gasteiger charge is 2.19. The standard InChI is InChI=1S/C16H20BrN3S/c1-18-14-6-3-7-20(9-14)10-15-11-21-16(19-15)12-4-2-5-13(17)8-12/h2,4-5,8,11,14,18H,3,6-7,9-10H2,1H3. The van der Waals surface area contributed by atoms with Crippen LogP contribution in [0.2, 0.25) is 0 Å². The van der Waals surface area contributed by atoms with Gasteiger partial charge in [-0.05, 0) is 38.6 Å². The minimum absolute atomic E-state index is 0.627. The molecule has 1 fully saturated rings. The number of nitrogens with zero attached hydrogens (tertiary/aromatic N) is 2.